The molecule has 0 unspecified atom stereocenters. The molecule has 10 heteroatoms. The van der Waals surface area contributed by atoms with E-state index >= 15 is 0 Å². The van der Waals surface area contributed by atoms with Crippen molar-refractivity contribution in [3.05, 3.63) is 35.7 Å². The van der Waals surface area contributed by atoms with Gasteiger partial charge in [-0.3, -0.25) is 14.7 Å². The van der Waals surface area contributed by atoms with E-state index in [1.165, 1.54) is 6.92 Å². The Morgan fingerprint density at radius 2 is 1.64 bits per heavy atom. The minimum atomic E-state index is -3.84. The summed E-state index contributed by atoms with van der Waals surface area (Å²) >= 11 is 0. The van der Waals surface area contributed by atoms with Crippen molar-refractivity contribution in [3.8, 4) is 0 Å². The Labute approximate surface area is 145 Å². The maximum Gasteiger partial charge on any atom is 0.244 e. The van der Waals surface area contributed by atoms with E-state index in [4.69, 9.17) is 0 Å². The van der Waals surface area contributed by atoms with Crippen LogP contribution in [0.1, 0.15) is 18.3 Å². The molecule has 2 aromatic rings. The first-order valence-electron chi connectivity index (χ1n) is 7.38. The molecule has 0 bridgehead atoms. The average molecular weight is 365 g/mol. The van der Waals surface area contributed by atoms with Gasteiger partial charge < -0.3 is 10.6 Å². The highest BCUT2D eigenvalue weighted by molar-refractivity contribution is 7.89. The number of hydrogen-bond donors (Lipinski definition) is 4. The Hall–Kier alpha value is -2.72. The predicted octanol–water partition coefficient (Wildman–Crippen LogP) is 0.902. The van der Waals surface area contributed by atoms with Crippen molar-refractivity contribution in [2.24, 2.45) is 0 Å². The van der Waals surface area contributed by atoms with Crippen molar-refractivity contribution in [3.63, 3.8) is 0 Å². The van der Waals surface area contributed by atoms with Crippen LogP contribution in [0.15, 0.2) is 29.2 Å². The van der Waals surface area contributed by atoms with Crippen LogP contribution in [0.3, 0.4) is 0 Å². The number of anilines is 2. The lowest BCUT2D eigenvalue weighted by Gasteiger charge is -2.09. The van der Waals surface area contributed by atoms with Crippen molar-refractivity contribution in [1.82, 2.24) is 14.9 Å². The molecule has 0 aliphatic carbocycles. The van der Waals surface area contributed by atoms with E-state index in [-0.39, 0.29) is 10.8 Å². The van der Waals surface area contributed by atoms with Crippen LogP contribution in [0.25, 0.3) is 0 Å². The van der Waals surface area contributed by atoms with E-state index in [0.717, 1.165) is 0 Å². The molecule has 0 atom stereocenters. The van der Waals surface area contributed by atoms with Crippen LogP contribution in [0.2, 0.25) is 0 Å². The molecule has 0 saturated heterocycles. The monoisotopic (exact) mass is 365 g/mol. The number of amides is 2. The number of aromatic nitrogens is 2. The van der Waals surface area contributed by atoms with Crippen molar-refractivity contribution in [2.75, 3.05) is 17.2 Å². The highest BCUT2D eigenvalue weighted by atomic mass is 32.2. The molecule has 0 fully saturated rings. The van der Waals surface area contributed by atoms with E-state index < -0.39 is 22.5 Å². The zero-order valence-electron chi connectivity index (χ0n) is 14.0. The van der Waals surface area contributed by atoms with Crippen LogP contribution < -0.4 is 15.4 Å². The van der Waals surface area contributed by atoms with Crippen LogP contribution >= 0.6 is 0 Å². The molecule has 0 saturated carbocycles. The number of hydrogen-bond acceptors (Lipinski definition) is 5. The number of H-pyrrole nitrogens is 1. The molecular formula is C15H19N5O4S. The summed E-state index contributed by atoms with van der Waals surface area (Å²) in [5, 5.41) is 11.6. The van der Waals surface area contributed by atoms with Gasteiger partial charge in [0.2, 0.25) is 21.8 Å². The predicted molar refractivity (Wildman–Crippen MR) is 92.6 cm³/mol. The first-order chi connectivity index (χ1) is 11.7. The third-order valence-corrected chi connectivity index (χ3v) is 4.90. The number of aryl methyl sites for hydroxylation is 2. The molecule has 1 heterocycles. The van der Waals surface area contributed by atoms with Gasteiger partial charge in [0.15, 0.2) is 0 Å². The Kier molecular flexibility index (Phi) is 5.55. The number of aromatic amines is 1. The van der Waals surface area contributed by atoms with Crippen LogP contribution in [0.4, 0.5) is 11.4 Å². The van der Waals surface area contributed by atoms with Crippen molar-refractivity contribution < 1.29 is 18.0 Å². The molecule has 0 spiro atoms. The second kappa shape index (κ2) is 7.45. The zero-order valence-corrected chi connectivity index (χ0v) is 14.8. The third kappa shape index (κ3) is 4.88. The number of carbonyl (C=O) groups excluding carboxylic acids is 2. The lowest BCUT2D eigenvalue weighted by atomic mass is 10.2. The summed E-state index contributed by atoms with van der Waals surface area (Å²) in [5.41, 5.74) is 1.81. The van der Waals surface area contributed by atoms with Gasteiger partial charge in [-0.15, -0.1) is 0 Å². The van der Waals surface area contributed by atoms with Crippen LogP contribution in [0, 0.1) is 13.8 Å². The van der Waals surface area contributed by atoms with E-state index in [1.807, 2.05) is 0 Å². The fourth-order valence-electron chi connectivity index (χ4n) is 2.21. The molecule has 0 radical (unpaired) electrons. The van der Waals surface area contributed by atoms with Crippen molar-refractivity contribution >= 4 is 33.2 Å². The third-order valence-electron chi connectivity index (χ3n) is 3.24. The molecule has 2 amide bonds. The summed E-state index contributed by atoms with van der Waals surface area (Å²) in [4.78, 5) is 22.9. The zero-order chi connectivity index (χ0) is 18.6. The topological polar surface area (TPSA) is 133 Å². The lowest BCUT2D eigenvalue weighted by Crippen LogP contribution is -2.33. The Morgan fingerprint density at radius 3 is 2.12 bits per heavy atom. The first-order valence-corrected chi connectivity index (χ1v) is 8.86. The normalized spacial score (nSPS) is 11.2. The molecule has 0 aliphatic rings. The maximum atomic E-state index is 12.2. The minimum absolute atomic E-state index is 0.0416. The SMILES string of the molecule is CC(=O)Nc1ccc(NC(=O)CNS(=O)(=O)c2c(C)n[nH]c2C)cc1. The van der Waals surface area contributed by atoms with E-state index in [1.54, 1.807) is 38.1 Å². The van der Waals surface area contributed by atoms with Gasteiger partial charge in [-0.05, 0) is 38.1 Å². The summed E-state index contributed by atoms with van der Waals surface area (Å²) in [6.45, 7) is 4.13. The quantitative estimate of drug-likeness (QED) is 0.604. The second-order valence-corrected chi connectivity index (χ2v) is 7.10. The smallest absolute Gasteiger partial charge is 0.244 e. The number of nitrogens with zero attached hydrogens (tertiary/aromatic N) is 1. The van der Waals surface area contributed by atoms with Gasteiger partial charge in [0.25, 0.3) is 0 Å². The molecule has 134 valence electrons. The number of sulfonamides is 1. The number of carbonyl (C=O) groups is 2. The van der Waals surface area contributed by atoms with E-state index in [0.29, 0.717) is 22.8 Å². The average Bonchev–Trinajstić information content (AvgIpc) is 2.86. The molecular weight excluding hydrogens is 346 g/mol. The standard InChI is InChI=1S/C15H19N5O4S/c1-9-15(10(2)20-19-9)25(23,24)16-8-14(22)18-13-6-4-12(5-7-13)17-11(3)21/h4-7,16H,8H2,1-3H3,(H,17,21)(H,18,22)(H,19,20). The molecule has 2 rings (SSSR count). The first kappa shape index (κ1) is 18.6. The van der Waals surface area contributed by atoms with Gasteiger partial charge in [-0.2, -0.15) is 5.10 Å². The summed E-state index contributed by atoms with van der Waals surface area (Å²) < 4.78 is 26.7. The van der Waals surface area contributed by atoms with Gasteiger partial charge in [0.1, 0.15) is 4.90 Å². The molecule has 1 aromatic carbocycles. The number of benzene rings is 1. The van der Waals surface area contributed by atoms with Crippen LogP contribution in [-0.4, -0.2) is 37.0 Å². The fourth-order valence-corrected chi connectivity index (χ4v) is 3.56. The van der Waals surface area contributed by atoms with Gasteiger partial charge in [-0.1, -0.05) is 0 Å². The molecule has 1 aromatic heterocycles. The molecule has 0 aliphatic heterocycles. The number of nitrogens with one attached hydrogen (secondary N) is 4. The number of rotatable bonds is 6. The Morgan fingerprint density at radius 1 is 1.08 bits per heavy atom. The minimum Gasteiger partial charge on any atom is -0.326 e. The van der Waals surface area contributed by atoms with E-state index in [9.17, 15) is 18.0 Å². The molecule has 9 nitrogen and oxygen atoms in total. The fraction of sp³-hybridized carbons (Fsp3) is 0.267. The van der Waals surface area contributed by atoms with Gasteiger partial charge in [-0.25, -0.2) is 13.1 Å². The van der Waals surface area contributed by atoms with Crippen molar-refractivity contribution in [1.29, 1.82) is 0 Å². The molecule has 25 heavy (non-hydrogen) atoms. The maximum absolute atomic E-state index is 12.2. The van der Waals surface area contributed by atoms with Gasteiger partial charge >= 0.3 is 0 Å². The summed E-state index contributed by atoms with van der Waals surface area (Å²) in [5.74, 6) is -0.717. The summed E-state index contributed by atoms with van der Waals surface area (Å²) in [6, 6.07) is 6.45. The highest BCUT2D eigenvalue weighted by Gasteiger charge is 2.22. The summed E-state index contributed by atoms with van der Waals surface area (Å²) in [7, 11) is -3.84. The van der Waals surface area contributed by atoms with E-state index in [2.05, 4.69) is 25.6 Å². The lowest BCUT2D eigenvalue weighted by molar-refractivity contribution is -0.115. The summed E-state index contributed by atoms with van der Waals surface area (Å²) in [6.07, 6.45) is 0. The van der Waals surface area contributed by atoms with Crippen LogP contribution in [-0.2, 0) is 19.6 Å². The highest BCUT2D eigenvalue weighted by Crippen LogP contribution is 2.16. The Balaban J connectivity index is 1.95. The van der Waals surface area contributed by atoms with Crippen LogP contribution in [0.5, 0.6) is 0 Å². The largest absolute Gasteiger partial charge is 0.326 e. The van der Waals surface area contributed by atoms with Gasteiger partial charge in [0.05, 0.1) is 17.9 Å². The van der Waals surface area contributed by atoms with Crippen molar-refractivity contribution in [2.45, 2.75) is 25.7 Å². The molecule has 4 N–H and O–H groups in total. The second-order valence-electron chi connectivity index (χ2n) is 5.39. The Bertz CT molecular complexity index is 868. The van der Waals surface area contributed by atoms with Gasteiger partial charge in [0, 0.05) is 18.3 Å².